The van der Waals surface area contributed by atoms with Crippen molar-refractivity contribution in [3.05, 3.63) is 44.6 Å². The van der Waals surface area contributed by atoms with Crippen LogP contribution in [0.15, 0.2) is 27.9 Å². The molecule has 0 atom stereocenters. The lowest BCUT2D eigenvalue weighted by molar-refractivity contribution is 0.100. The van der Waals surface area contributed by atoms with Crippen LogP contribution in [0, 0.1) is 5.82 Å². The lowest BCUT2D eigenvalue weighted by atomic mass is 10.1. The average molecular weight is 283 g/mol. The molecule has 2 rings (SSSR count). The number of nitrogens with zero attached hydrogens (tertiary/aromatic N) is 3. The first-order valence-corrected chi connectivity index (χ1v) is 4.98. The van der Waals surface area contributed by atoms with Crippen LogP contribution >= 0.6 is 15.9 Å². The van der Waals surface area contributed by atoms with Gasteiger partial charge in [0, 0.05) is 27.6 Å². The van der Waals surface area contributed by atoms with Gasteiger partial charge in [0.2, 0.25) is 0 Å². The zero-order chi connectivity index (χ0) is 11.7. The summed E-state index contributed by atoms with van der Waals surface area (Å²) in [6, 6.07) is 2.72. The number of hydrogen-bond acceptors (Lipinski definition) is 1. The van der Waals surface area contributed by atoms with E-state index in [2.05, 4.69) is 30.9 Å². The number of aromatic amines is 1. The van der Waals surface area contributed by atoms with Gasteiger partial charge in [-0.05, 0) is 38.7 Å². The highest BCUT2D eigenvalue weighted by atomic mass is 79.9. The van der Waals surface area contributed by atoms with Gasteiger partial charge in [-0.3, -0.25) is 4.79 Å². The molecule has 0 aliphatic heterocycles. The molecule has 0 saturated heterocycles. The van der Waals surface area contributed by atoms with Crippen molar-refractivity contribution in [2.24, 2.45) is 5.11 Å². The summed E-state index contributed by atoms with van der Waals surface area (Å²) in [5.74, 6) is -1.13. The quantitative estimate of drug-likeness (QED) is 0.485. The molecular weight excluding hydrogens is 279 g/mol. The van der Waals surface area contributed by atoms with Gasteiger partial charge >= 0.3 is 0 Å². The Bertz CT molecular complexity index is 630. The van der Waals surface area contributed by atoms with E-state index in [0.717, 1.165) is 0 Å². The molecule has 0 unspecified atom stereocenters. The number of azide groups is 1. The van der Waals surface area contributed by atoms with Crippen LogP contribution in [0.4, 0.5) is 4.39 Å². The van der Waals surface area contributed by atoms with E-state index in [1.165, 1.54) is 18.3 Å². The van der Waals surface area contributed by atoms with Crippen molar-refractivity contribution < 1.29 is 9.18 Å². The van der Waals surface area contributed by atoms with Crippen LogP contribution in [-0.4, -0.2) is 10.9 Å². The molecule has 0 saturated carbocycles. The zero-order valence-electron chi connectivity index (χ0n) is 7.74. The minimum absolute atomic E-state index is 0.216. The largest absolute Gasteiger partial charge is 0.360 e. The van der Waals surface area contributed by atoms with Crippen LogP contribution in [0.5, 0.6) is 0 Å². The molecule has 7 heteroatoms. The molecule has 0 radical (unpaired) electrons. The third-order valence-electron chi connectivity index (χ3n) is 2.09. The van der Waals surface area contributed by atoms with Crippen molar-refractivity contribution in [2.45, 2.75) is 0 Å². The van der Waals surface area contributed by atoms with Crippen molar-refractivity contribution in [3.63, 3.8) is 0 Å². The van der Waals surface area contributed by atoms with E-state index < -0.39 is 11.7 Å². The van der Waals surface area contributed by atoms with E-state index in [1.54, 1.807) is 0 Å². The third kappa shape index (κ3) is 1.66. The molecular formula is C9H4BrFN4O. The summed E-state index contributed by atoms with van der Waals surface area (Å²) in [6.07, 6.45) is 1.38. The van der Waals surface area contributed by atoms with E-state index in [0.29, 0.717) is 10.9 Å². The van der Waals surface area contributed by atoms with E-state index in [4.69, 9.17) is 5.53 Å². The number of fused-ring (bicyclic) bond motifs is 1. The second-order valence-corrected chi connectivity index (χ2v) is 3.86. The van der Waals surface area contributed by atoms with Gasteiger partial charge in [0.15, 0.2) is 0 Å². The number of halogens is 2. The predicted octanol–water partition coefficient (Wildman–Crippen LogP) is 3.52. The fourth-order valence-corrected chi connectivity index (χ4v) is 1.73. The summed E-state index contributed by atoms with van der Waals surface area (Å²) in [6.45, 7) is 0. The molecule has 0 bridgehead atoms. The van der Waals surface area contributed by atoms with Gasteiger partial charge in [-0.1, -0.05) is 0 Å². The summed E-state index contributed by atoms with van der Waals surface area (Å²) in [5, 5.41) is 3.49. The van der Waals surface area contributed by atoms with Gasteiger partial charge in [-0.15, -0.1) is 0 Å². The van der Waals surface area contributed by atoms with Gasteiger partial charge in [-0.2, -0.15) is 0 Å². The van der Waals surface area contributed by atoms with Crippen molar-refractivity contribution in [3.8, 4) is 0 Å². The molecule has 0 fully saturated rings. The molecule has 5 nitrogen and oxygen atoms in total. The Morgan fingerprint density at radius 2 is 2.31 bits per heavy atom. The minimum Gasteiger partial charge on any atom is -0.360 e. The van der Waals surface area contributed by atoms with Crippen LogP contribution in [0.25, 0.3) is 21.3 Å². The Morgan fingerprint density at radius 1 is 1.56 bits per heavy atom. The first-order chi connectivity index (χ1) is 7.63. The van der Waals surface area contributed by atoms with Crippen molar-refractivity contribution in [2.75, 3.05) is 0 Å². The summed E-state index contributed by atoms with van der Waals surface area (Å²) in [4.78, 5) is 16.5. The van der Waals surface area contributed by atoms with Crippen LogP contribution in [-0.2, 0) is 0 Å². The smallest absolute Gasteiger partial charge is 0.251 e. The predicted molar refractivity (Wildman–Crippen MR) is 59.4 cm³/mol. The number of hydrogen-bond donors (Lipinski definition) is 1. The summed E-state index contributed by atoms with van der Waals surface area (Å²) in [5.41, 5.74) is 8.85. The first-order valence-electron chi connectivity index (χ1n) is 4.19. The van der Waals surface area contributed by atoms with E-state index >= 15 is 0 Å². The normalized spacial score (nSPS) is 10.1. The molecule has 0 aliphatic rings. The zero-order valence-corrected chi connectivity index (χ0v) is 9.32. The Hall–Kier alpha value is -1.85. The summed E-state index contributed by atoms with van der Waals surface area (Å²) < 4.78 is 13.4. The lowest BCUT2D eigenvalue weighted by Crippen LogP contribution is -1.91. The first kappa shape index (κ1) is 10.7. The number of carbonyl (C=O) groups is 1. The number of H-pyrrole nitrogens is 1. The Morgan fingerprint density at radius 3 is 3.00 bits per heavy atom. The fourth-order valence-electron chi connectivity index (χ4n) is 1.39. The molecule has 1 heterocycles. The highest BCUT2D eigenvalue weighted by molar-refractivity contribution is 9.10. The second-order valence-electron chi connectivity index (χ2n) is 3.01. The standard InChI is InChI=1S/C9H4BrFN4O/c10-6-1-4-5(9(16)14-15-12)3-13-8(4)2-7(6)11/h1-3,13H. The molecule has 0 aliphatic carbocycles. The van der Waals surface area contributed by atoms with Gasteiger partial charge in [0.25, 0.3) is 5.91 Å². The number of carbonyl (C=O) groups excluding carboxylic acids is 1. The highest BCUT2D eigenvalue weighted by Crippen LogP contribution is 2.25. The molecule has 1 aromatic carbocycles. The third-order valence-corrected chi connectivity index (χ3v) is 2.70. The lowest BCUT2D eigenvalue weighted by Gasteiger charge is -1.96. The molecule has 1 aromatic heterocycles. The Labute approximate surface area is 97.0 Å². The summed E-state index contributed by atoms with van der Waals surface area (Å²) >= 11 is 3.02. The Balaban J connectivity index is 2.69. The summed E-state index contributed by atoms with van der Waals surface area (Å²) in [7, 11) is 0. The maximum atomic E-state index is 13.2. The van der Waals surface area contributed by atoms with Crippen molar-refractivity contribution in [1.82, 2.24) is 4.98 Å². The van der Waals surface area contributed by atoms with Gasteiger partial charge in [-0.25, -0.2) is 4.39 Å². The van der Waals surface area contributed by atoms with Crippen LogP contribution in [0.3, 0.4) is 0 Å². The van der Waals surface area contributed by atoms with E-state index in [-0.39, 0.29) is 10.0 Å². The molecule has 80 valence electrons. The van der Waals surface area contributed by atoms with Crippen LogP contribution in [0.1, 0.15) is 10.4 Å². The van der Waals surface area contributed by atoms with Crippen molar-refractivity contribution in [1.29, 1.82) is 0 Å². The maximum Gasteiger partial charge on any atom is 0.251 e. The highest BCUT2D eigenvalue weighted by Gasteiger charge is 2.12. The van der Waals surface area contributed by atoms with Crippen LogP contribution < -0.4 is 0 Å². The Kier molecular flexibility index (Phi) is 2.64. The second kappa shape index (κ2) is 3.96. The van der Waals surface area contributed by atoms with Gasteiger partial charge in [0.05, 0.1) is 4.47 Å². The average Bonchev–Trinajstić information content (AvgIpc) is 2.62. The monoisotopic (exact) mass is 282 g/mol. The number of benzene rings is 1. The van der Waals surface area contributed by atoms with Gasteiger partial charge in [0.1, 0.15) is 5.82 Å². The van der Waals surface area contributed by atoms with E-state index in [9.17, 15) is 9.18 Å². The minimum atomic E-state index is -0.702. The fraction of sp³-hybridized carbons (Fsp3) is 0. The molecule has 1 amide bonds. The van der Waals surface area contributed by atoms with Gasteiger partial charge < -0.3 is 4.98 Å². The SMILES string of the molecule is [N-]=[N+]=NC(=O)c1c[nH]c2cc(F)c(Br)cc12. The maximum absolute atomic E-state index is 13.2. The molecule has 1 N–H and O–H groups in total. The molecule has 0 spiro atoms. The van der Waals surface area contributed by atoms with E-state index in [1.807, 2.05) is 0 Å². The van der Waals surface area contributed by atoms with Crippen LogP contribution in [0.2, 0.25) is 0 Å². The van der Waals surface area contributed by atoms with Crippen molar-refractivity contribution >= 4 is 32.7 Å². The molecule has 16 heavy (non-hydrogen) atoms. The number of amides is 1. The number of nitrogens with one attached hydrogen (secondary N) is 1. The topological polar surface area (TPSA) is 81.6 Å². The molecule has 2 aromatic rings. The number of rotatable bonds is 1. The number of aromatic nitrogens is 1.